The first-order valence-electron chi connectivity index (χ1n) is 9.20. The molecule has 1 aromatic heterocycles. The minimum atomic E-state index is -0.979. The van der Waals surface area contributed by atoms with Crippen molar-refractivity contribution in [3.8, 4) is 5.88 Å². The summed E-state index contributed by atoms with van der Waals surface area (Å²) < 4.78 is 5.52. The third-order valence-electron chi connectivity index (χ3n) is 5.10. The van der Waals surface area contributed by atoms with Crippen molar-refractivity contribution in [2.45, 2.75) is 29.6 Å². The molecule has 1 aliphatic rings. The molecule has 0 unspecified atom stereocenters. The second-order valence-electron chi connectivity index (χ2n) is 7.29. The number of ether oxygens (including phenoxy) is 1. The van der Waals surface area contributed by atoms with Gasteiger partial charge in [-0.2, -0.15) is 4.98 Å². The van der Waals surface area contributed by atoms with Gasteiger partial charge in [-0.05, 0) is 42.5 Å². The van der Waals surface area contributed by atoms with Crippen LogP contribution in [0.4, 0.5) is 10.6 Å². The van der Waals surface area contributed by atoms with Crippen molar-refractivity contribution in [3.05, 3.63) is 40.4 Å². The van der Waals surface area contributed by atoms with Gasteiger partial charge in [-0.25, -0.2) is 4.79 Å². The van der Waals surface area contributed by atoms with Gasteiger partial charge in [-0.1, -0.05) is 48.0 Å². The van der Waals surface area contributed by atoms with Crippen molar-refractivity contribution < 1.29 is 14.6 Å². The van der Waals surface area contributed by atoms with E-state index in [9.17, 15) is 4.79 Å². The summed E-state index contributed by atoms with van der Waals surface area (Å²) in [6.07, 6.45) is 0.783. The molecular formula is C20H23Cl2N3O3S. The number of halogens is 2. The maximum Gasteiger partial charge on any atom is 0.404 e. The van der Waals surface area contributed by atoms with E-state index < -0.39 is 6.09 Å². The fourth-order valence-electron chi connectivity index (χ4n) is 3.24. The van der Waals surface area contributed by atoms with Crippen molar-refractivity contribution in [1.82, 2.24) is 10.3 Å². The van der Waals surface area contributed by atoms with Gasteiger partial charge < -0.3 is 20.1 Å². The molecule has 1 amide bonds. The van der Waals surface area contributed by atoms with Gasteiger partial charge in [0.1, 0.15) is 5.82 Å². The van der Waals surface area contributed by atoms with E-state index in [-0.39, 0.29) is 5.41 Å². The molecule has 0 bridgehead atoms. The number of hydrogen-bond acceptors (Lipinski definition) is 5. The molecule has 6 nitrogen and oxygen atoms in total. The number of rotatable bonds is 6. The van der Waals surface area contributed by atoms with Crippen LogP contribution in [0.1, 0.15) is 19.8 Å². The Morgan fingerprint density at radius 2 is 2.00 bits per heavy atom. The standard InChI is InChI=1S/C20H23Cl2N3O3S/c1-20(12-23-19(26)27)8-10-25(11-9-20)16-7-6-15(18(24-16)28-2)29-14-5-3-4-13(21)17(14)22/h3-7,23H,8-12H2,1-2H3,(H,26,27). The molecule has 0 spiro atoms. The van der Waals surface area contributed by atoms with Crippen LogP contribution in [0, 0.1) is 5.41 Å². The van der Waals surface area contributed by atoms with Crippen LogP contribution in [0.3, 0.4) is 0 Å². The highest BCUT2D eigenvalue weighted by molar-refractivity contribution is 7.99. The number of hydrogen-bond donors (Lipinski definition) is 2. The largest absolute Gasteiger partial charge is 0.480 e. The molecule has 0 aliphatic carbocycles. The van der Waals surface area contributed by atoms with E-state index in [2.05, 4.69) is 22.1 Å². The monoisotopic (exact) mass is 455 g/mol. The molecule has 29 heavy (non-hydrogen) atoms. The normalized spacial score (nSPS) is 15.8. The molecular weight excluding hydrogens is 433 g/mol. The number of pyridine rings is 1. The molecule has 156 valence electrons. The fourth-order valence-corrected chi connectivity index (χ4v) is 4.65. The summed E-state index contributed by atoms with van der Waals surface area (Å²) in [5.74, 6) is 1.38. The number of aromatic nitrogens is 1. The van der Waals surface area contributed by atoms with Crippen LogP contribution < -0.4 is 15.0 Å². The van der Waals surface area contributed by atoms with Crippen molar-refractivity contribution >= 4 is 46.9 Å². The Balaban J connectivity index is 1.71. The van der Waals surface area contributed by atoms with E-state index in [1.54, 1.807) is 13.2 Å². The fraction of sp³-hybridized carbons (Fsp3) is 0.400. The van der Waals surface area contributed by atoms with E-state index in [1.807, 2.05) is 24.3 Å². The van der Waals surface area contributed by atoms with Gasteiger partial charge in [0.25, 0.3) is 0 Å². The Kier molecular flexibility index (Phi) is 7.03. The molecule has 1 aromatic carbocycles. The van der Waals surface area contributed by atoms with Gasteiger partial charge in [-0.15, -0.1) is 0 Å². The van der Waals surface area contributed by atoms with Crippen LogP contribution in [-0.4, -0.2) is 42.9 Å². The van der Waals surface area contributed by atoms with Crippen LogP contribution in [0.5, 0.6) is 5.88 Å². The van der Waals surface area contributed by atoms with Crippen molar-refractivity contribution in [2.75, 3.05) is 31.6 Å². The molecule has 2 N–H and O–H groups in total. The number of methoxy groups -OCH3 is 1. The number of carboxylic acid groups (broad SMARTS) is 1. The second-order valence-corrected chi connectivity index (χ2v) is 9.16. The number of anilines is 1. The lowest BCUT2D eigenvalue weighted by Gasteiger charge is -2.39. The second kappa shape index (κ2) is 9.32. The lowest BCUT2D eigenvalue weighted by Crippen LogP contribution is -2.44. The van der Waals surface area contributed by atoms with Crippen LogP contribution >= 0.6 is 35.0 Å². The highest BCUT2D eigenvalue weighted by Crippen LogP contribution is 2.41. The average molecular weight is 456 g/mol. The summed E-state index contributed by atoms with van der Waals surface area (Å²) in [6, 6.07) is 9.46. The van der Waals surface area contributed by atoms with E-state index in [0.717, 1.165) is 41.5 Å². The van der Waals surface area contributed by atoms with Crippen molar-refractivity contribution in [3.63, 3.8) is 0 Å². The molecule has 9 heteroatoms. The summed E-state index contributed by atoms with van der Waals surface area (Å²) in [7, 11) is 1.60. The Hall–Kier alpha value is -1.83. The highest BCUT2D eigenvalue weighted by Gasteiger charge is 2.31. The van der Waals surface area contributed by atoms with Gasteiger partial charge in [-0.3, -0.25) is 0 Å². The number of benzene rings is 1. The number of amides is 1. The third-order valence-corrected chi connectivity index (χ3v) is 7.12. The molecule has 0 radical (unpaired) electrons. The van der Waals surface area contributed by atoms with Gasteiger partial charge in [0.15, 0.2) is 0 Å². The molecule has 1 saturated heterocycles. The summed E-state index contributed by atoms with van der Waals surface area (Å²) in [5.41, 5.74) is -0.0436. The van der Waals surface area contributed by atoms with Gasteiger partial charge >= 0.3 is 6.09 Å². The topological polar surface area (TPSA) is 74.7 Å². The minimum absolute atomic E-state index is 0.0436. The zero-order valence-electron chi connectivity index (χ0n) is 16.2. The summed E-state index contributed by atoms with van der Waals surface area (Å²) in [5, 5.41) is 12.4. The van der Waals surface area contributed by atoms with Crippen LogP contribution in [-0.2, 0) is 0 Å². The zero-order chi connectivity index (χ0) is 21.0. The first-order valence-corrected chi connectivity index (χ1v) is 10.8. The number of nitrogens with zero attached hydrogens (tertiary/aromatic N) is 2. The number of nitrogens with one attached hydrogen (secondary N) is 1. The van der Waals surface area contributed by atoms with Crippen LogP contribution in [0.15, 0.2) is 40.1 Å². The Bertz CT molecular complexity index is 889. The number of piperidine rings is 1. The highest BCUT2D eigenvalue weighted by atomic mass is 35.5. The molecule has 1 fully saturated rings. The van der Waals surface area contributed by atoms with E-state index in [4.69, 9.17) is 33.0 Å². The maximum atomic E-state index is 10.8. The molecule has 1 aliphatic heterocycles. The first-order chi connectivity index (χ1) is 13.8. The number of carbonyl (C=O) groups is 1. The average Bonchev–Trinajstić information content (AvgIpc) is 2.71. The first kappa shape index (κ1) is 21.9. The van der Waals surface area contributed by atoms with Crippen LogP contribution in [0.2, 0.25) is 10.0 Å². The lowest BCUT2D eigenvalue weighted by atomic mass is 9.80. The quantitative estimate of drug-likeness (QED) is 0.605. The Labute approximate surface area is 184 Å². The Morgan fingerprint density at radius 1 is 1.28 bits per heavy atom. The summed E-state index contributed by atoms with van der Waals surface area (Å²) in [4.78, 5) is 19.4. The van der Waals surface area contributed by atoms with Crippen LogP contribution in [0.25, 0.3) is 0 Å². The van der Waals surface area contributed by atoms with Gasteiger partial charge in [0, 0.05) is 24.5 Å². The third kappa shape index (κ3) is 5.41. The maximum absolute atomic E-state index is 10.8. The molecule has 0 atom stereocenters. The predicted molar refractivity (Wildman–Crippen MR) is 117 cm³/mol. The van der Waals surface area contributed by atoms with E-state index in [0.29, 0.717) is 22.5 Å². The molecule has 0 saturated carbocycles. The Morgan fingerprint density at radius 3 is 2.66 bits per heavy atom. The smallest absolute Gasteiger partial charge is 0.404 e. The summed E-state index contributed by atoms with van der Waals surface area (Å²) >= 11 is 13.9. The predicted octanol–water partition coefficient (Wildman–Crippen LogP) is 5.42. The van der Waals surface area contributed by atoms with Gasteiger partial charge in [0.05, 0.1) is 22.1 Å². The van der Waals surface area contributed by atoms with Gasteiger partial charge in [0.2, 0.25) is 5.88 Å². The molecule has 2 heterocycles. The SMILES string of the molecule is COc1nc(N2CCC(C)(CNC(=O)O)CC2)ccc1Sc1cccc(Cl)c1Cl. The summed E-state index contributed by atoms with van der Waals surface area (Å²) in [6.45, 7) is 4.19. The molecule has 2 aromatic rings. The van der Waals surface area contributed by atoms with E-state index in [1.165, 1.54) is 11.8 Å². The minimum Gasteiger partial charge on any atom is -0.480 e. The van der Waals surface area contributed by atoms with Crippen molar-refractivity contribution in [2.24, 2.45) is 5.41 Å². The zero-order valence-corrected chi connectivity index (χ0v) is 18.6. The molecule has 3 rings (SSSR count). The lowest BCUT2D eigenvalue weighted by molar-refractivity contribution is 0.178. The van der Waals surface area contributed by atoms with E-state index >= 15 is 0 Å². The van der Waals surface area contributed by atoms with Crippen molar-refractivity contribution in [1.29, 1.82) is 0 Å².